The number of rotatable bonds is 8. The molecule has 5 rings (SSSR count). The smallest absolute Gasteiger partial charge is 0.267 e. The van der Waals surface area contributed by atoms with Crippen LogP contribution in [0.2, 0.25) is 0 Å². The van der Waals surface area contributed by atoms with E-state index in [1.54, 1.807) is 0 Å². The highest BCUT2D eigenvalue weighted by Gasteiger charge is 2.38. The fourth-order valence-corrected chi connectivity index (χ4v) is 7.02. The number of halogens is 2. The highest BCUT2D eigenvalue weighted by Crippen LogP contribution is 2.40. The van der Waals surface area contributed by atoms with Crippen LogP contribution in [0.5, 0.6) is 11.5 Å². The van der Waals surface area contributed by atoms with Gasteiger partial charge >= 0.3 is 0 Å². The molecule has 208 valence electrons. The van der Waals surface area contributed by atoms with Crippen molar-refractivity contribution < 1.29 is 14.3 Å². The standard InChI is InChI=1S/C32H32BrIN2O3S/c1-3-38-28-18-23(17-27(34)30(28)39-20-22-11-13-24(33)14-12-22)19-29-31(37)36(26-7-5-4-6-8-26)32(40-29)35-25-15-9-21(2)10-16-25/h9-19,26H,3-8,20H2,1-2H3/b29-19+,35-32?. The Bertz CT molecular complexity index is 1420. The zero-order valence-corrected chi connectivity index (χ0v) is 27.2. The van der Waals surface area contributed by atoms with Crippen LogP contribution in [0.3, 0.4) is 0 Å². The lowest BCUT2D eigenvalue weighted by molar-refractivity contribution is -0.124. The van der Waals surface area contributed by atoms with Gasteiger partial charge in [-0.3, -0.25) is 9.69 Å². The maximum absolute atomic E-state index is 13.8. The molecular weight excluding hydrogens is 699 g/mol. The predicted molar refractivity (Wildman–Crippen MR) is 176 cm³/mol. The third-order valence-corrected chi connectivity index (χ3v) is 9.27. The highest BCUT2D eigenvalue weighted by atomic mass is 127. The monoisotopic (exact) mass is 730 g/mol. The van der Waals surface area contributed by atoms with Crippen LogP contribution in [0.1, 0.15) is 55.7 Å². The lowest BCUT2D eigenvalue weighted by Gasteiger charge is -2.30. The second kappa shape index (κ2) is 13.6. The van der Waals surface area contributed by atoms with Crippen LogP contribution in [0.15, 0.2) is 75.0 Å². The number of thioether (sulfide) groups is 1. The second-order valence-corrected chi connectivity index (χ2v) is 13.1. The SMILES string of the molecule is CCOc1cc(/C=C2/SC(=Nc3ccc(C)cc3)N(C3CCCCC3)C2=O)cc(I)c1OCc1ccc(Br)cc1. The average Bonchev–Trinajstić information content (AvgIpc) is 3.25. The van der Waals surface area contributed by atoms with Crippen molar-refractivity contribution in [3.8, 4) is 11.5 Å². The minimum Gasteiger partial charge on any atom is -0.490 e. The molecule has 1 aliphatic heterocycles. The van der Waals surface area contributed by atoms with E-state index < -0.39 is 0 Å². The van der Waals surface area contributed by atoms with E-state index >= 15 is 0 Å². The van der Waals surface area contributed by atoms with Gasteiger partial charge in [-0.05, 0) is 115 Å². The Balaban J connectivity index is 1.44. The number of carbonyl (C=O) groups excluding carboxylic acids is 1. The number of nitrogens with zero attached hydrogens (tertiary/aromatic N) is 2. The van der Waals surface area contributed by atoms with E-state index in [-0.39, 0.29) is 11.9 Å². The van der Waals surface area contributed by atoms with Gasteiger partial charge in [0.15, 0.2) is 16.7 Å². The summed E-state index contributed by atoms with van der Waals surface area (Å²) in [5.41, 5.74) is 4.03. The van der Waals surface area contributed by atoms with Gasteiger partial charge in [-0.15, -0.1) is 0 Å². The first-order chi connectivity index (χ1) is 19.4. The van der Waals surface area contributed by atoms with E-state index in [1.807, 2.05) is 66.4 Å². The fourth-order valence-electron chi connectivity index (χ4n) is 4.92. The topological polar surface area (TPSA) is 51.1 Å². The normalized spacial score (nSPS) is 18.1. The number of benzene rings is 3. The Morgan fingerprint density at radius 3 is 2.48 bits per heavy atom. The van der Waals surface area contributed by atoms with Crippen LogP contribution in [0.4, 0.5) is 5.69 Å². The first-order valence-electron chi connectivity index (χ1n) is 13.6. The van der Waals surface area contributed by atoms with E-state index in [9.17, 15) is 4.79 Å². The summed E-state index contributed by atoms with van der Waals surface area (Å²) in [7, 11) is 0. The van der Waals surface area contributed by atoms with Gasteiger partial charge in [-0.25, -0.2) is 4.99 Å². The van der Waals surface area contributed by atoms with Gasteiger partial charge in [0.25, 0.3) is 5.91 Å². The van der Waals surface area contributed by atoms with E-state index in [2.05, 4.69) is 57.6 Å². The third-order valence-electron chi connectivity index (χ3n) is 6.96. The van der Waals surface area contributed by atoms with E-state index in [1.165, 1.54) is 23.7 Å². The maximum atomic E-state index is 13.8. The molecule has 1 saturated heterocycles. The average molecular weight is 731 g/mol. The molecule has 2 fully saturated rings. The molecule has 1 saturated carbocycles. The Morgan fingerprint density at radius 1 is 1.05 bits per heavy atom. The van der Waals surface area contributed by atoms with Gasteiger partial charge < -0.3 is 9.47 Å². The number of carbonyl (C=O) groups is 1. The maximum Gasteiger partial charge on any atom is 0.267 e. The number of aryl methyl sites for hydroxylation is 1. The minimum absolute atomic E-state index is 0.0336. The molecule has 3 aromatic carbocycles. The summed E-state index contributed by atoms with van der Waals surface area (Å²) in [6.45, 7) is 4.98. The van der Waals surface area contributed by atoms with Crippen molar-refractivity contribution in [1.29, 1.82) is 0 Å². The van der Waals surface area contributed by atoms with Gasteiger partial charge in [0.05, 0.1) is 20.8 Å². The van der Waals surface area contributed by atoms with Gasteiger partial charge in [0.1, 0.15) is 6.61 Å². The summed E-state index contributed by atoms with van der Waals surface area (Å²) in [6, 6.07) is 20.4. The summed E-state index contributed by atoms with van der Waals surface area (Å²) in [5, 5.41) is 0.765. The summed E-state index contributed by atoms with van der Waals surface area (Å²) < 4.78 is 14.2. The first-order valence-corrected chi connectivity index (χ1v) is 16.3. The van der Waals surface area contributed by atoms with Gasteiger partial charge in [-0.2, -0.15) is 0 Å². The molecule has 8 heteroatoms. The van der Waals surface area contributed by atoms with E-state index in [0.717, 1.165) is 55.7 Å². The van der Waals surface area contributed by atoms with E-state index in [0.29, 0.717) is 29.6 Å². The molecule has 0 aromatic heterocycles. The number of hydrogen-bond acceptors (Lipinski definition) is 5. The van der Waals surface area contributed by atoms with Crippen molar-refractivity contribution in [1.82, 2.24) is 4.90 Å². The molecule has 0 bridgehead atoms. The Labute approximate surface area is 262 Å². The van der Waals surface area contributed by atoms with Crippen LogP contribution in [0, 0.1) is 10.5 Å². The summed E-state index contributed by atoms with van der Waals surface area (Å²) >= 11 is 7.22. The van der Waals surface area contributed by atoms with Crippen molar-refractivity contribution >= 4 is 73.1 Å². The zero-order chi connectivity index (χ0) is 28.1. The van der Waals surface area contributed by atoms with Crippen LogP contribution < -0.4 is 9.47 Å². The minimum atomic E-state index is 0.0336. The van der Waals surface area contributed by atoms with Gasteiger partial charge in [0, 0.05) is 10.5 Å². The van der Waals surface area contributed by atoms with E-state index in [4.69, 9.17) is 14.5 Å². The molecule has 0 radical (unpaired) electrons. The van der Waals surface area contributed by atoms with Crippen LogP contribution in [-0.4, -0.2) is 28.6 Å². The molecule has 0 atom stereocenters. The number of amidine groups is 1. The highest BCUT2D eigenvalue weighted by molar-refractivity contribution is 14.1. The largest absolute Gasteiger partial charge is 0.490 e. The molecule has 0 N–H and O–H groups in total. The number of aliphatic imine (C=N–C) groups is 1. The molecule has 0 spiro atoms. The molecule has 3 aromatic rings. The molecular formula is C32H32BrIN2O3S. The zero-order valence-electron chi connectivity index (χ0n) is 22.7. The Hall–Kier alpha value is -2.30. The summed E-state index contributed by atoms with van der Waals surface area (Å²) in [4.78, 5) is 21.4. The molecule has 5 nitrogen and oxygen atoms in total. The van der Waals surface area contributed by atoms with Gasteiger partial charge in [-0.1, -0.05) is 65.0 Å². The molecule has 1 heterocycles. The van der Waals surface area contributed by atoms with Crippen molar-refractivity contribution in [2.75, 3.05) is 6.61 Å². The quantitative estimate of drug-likeness (QED) is 0.171. The Kier molecular flexibility index (Phi) is 9.91. The van der Waals surface area contributed by atoms with Crippen LogP contribution in [0.25, 0.3) is 6.08 Å². The predicted octanol–water partition coefficient (Wildman–Crippen LogP) is 9.28. The fraction of sp³-hybridized carbons (Fsp3) is 0.312. The second-order valence-electron chi connectivity index (χ2n) is 9.99. The lowest BCUT2D eigenvalue weighted by atomic mass is 9.94. The van der Waals surface area contributed by atoms with Gasteiger partial charge in [0.2, 0.25) is 0 Å². The summed E-state index contributed by atoms with van der Waals surface area (Å²) in [6.07, 6.45) is 7.52. The first kappa shape index (κ1) is 29.2. The Morgan fingerprint density at radius 2 is 1.77 bits per heavy atom. The number of amides is 1. The van der Waals surface area contributed by atoms with Crippen molar-refractivity contribution in [3.63, 3.8) is 0 Å². The van der Waals surface area contributed by atoms with Crippen LogP contribution in [-0.2, 0) is 11.4 Å². The molecule has 2 aliphatic rings. The molecule has 40 heavy (non-hydrogen) atoms. The number of ether oxygens (including phenoxy) is 2. The van der Waals surface area contributed by atoms with Crippen molar-refractivity contribution in [2.45, 2.75) is 58.6 Å². The molecule has 1 amide bonds. The van der Waals surface area contributed by atoms with Crippen LogP contribution >= 0.6 is 50.3 Å². The summed E-state index contributed by atoms with van der Waals surface area (Å²) in [5.74, 6) is 1.42. The van der Waals surface area contributed by atoms with Crippen molar-refractivity contribution in [2.24, 2.45) is 4.99 Å². The molecule has 1 aliphatic carbocycles. The molecule has 0 unspecified atom stereocenters. The third kappa shape index (κ3) is 7.12. The lowest BCUT2D eigenvalue weighted by Crippen LogP contribution is -2.40. The number of hydrogen-bond donors (Lipinski definition) is 0. The van der Waals surface area contributed by atoms with Crippen molar-refractivity contribution in [3.05, 3.63) is 90.3 Å².